The van der Waals surface area contributed by atoms with Crippen molar-refractivity contribution < 1.29 is 9.59 Å². The second kappa shape index (κ2) is 7.68. The first-order valence-electron chi connectivity index (χ1n) is 9.36. The third-order valence-electron chi connectivity index (χ3n) is 5.04. The first kappa shape index (κ1) is 18.0. The summed E-state index contributed by atoms with van der Waals surface area (Å²) in [5.74, 6) is -0.256. The van der Waals surface area contributed by atoms with Gasteiger partial charge in [0.05, 0.1) is 0 Å². The molecule has 2 amide bonds. The van der Waals surface area contributed by atoms with Crippen molar-refractivity contribution >= 4 is 22.6 Å². The van der Waals surface area contributed by atoms with Crippen LogP contribution in [0.5, 0.6) is 0 Å². The molecule has 2 heterocycles. The SMILES string of the molecule is O=C(NCCCC(=O)N1Cc2ccccc2C1)c1cc2ccccc2c(=O)[nH]1. The van der Waals surface area contributed by atoms with E-state index in [0.29, 0.717) is 37.9 Å². The largest absolute Gasteiger partial charge is 0.351 e. The molecule has 0 fully saturated rings. The Balaban J connectivity index is 1.28. The summed E-state index contributed by atoms with van der Waals surface area (Å²) in [5.41, 5.74) is 2.34. The molecule has 1 aliphatic heterocycles. The van der Waals surface area contributed by atoms with E-state index in [1.54, 1.807) is 24.3 Å². The van der Waals surface area contributed by atoms with E-state index in [-0.39, 0.29) is 23.1 Å². The van der Waals surface area contributed by atoms with E-state index in [4.69, 9.17) is 0 Å². The molecule has 0 radical (unpaired) electrons. The lowest BCUT2D eigenvalue weighted by Gasteiger charge is -2.15. The Morgan fingerprint density at radius 2 is 1.68 bits per heavy atom. The second-order valence-corrected chi connectivity index (χ2v) is 6.98. The third kappa shape index (κ3) is 3.67. The standard InChI is InChI=1S/C22H21N3O3/c26-20(25-13-16-7-1-2-8-17(16)14-25)10-5-11-23-22(28)19-12-15-6-3-4-9-18(15)21(27)24-19/h1-4,6-9,12H,5,10-11,13-14H2,(H,23,28)(H,24,27). The van der Waals surface area contributed by atoms with Gasteiger partial charge in [0.2, 0.25) is 5.91 Å². The number of carbonyl (C=O) groups excluding carboxylic acids is 2. The molecule has 6 nitrogen and oxygen atoms in total. The van der Waals surface area contributed by atoms with Crippen LogP contribution in [0.4, 0.5) is 0 Å². The van der Waals surface area contributed by atoms with Gasteiger partial charge in [0, 0.05) is 31.4 Å². The molecular formula is C22H21N3O3. The quantitative estimate of drug-likeness (QED) is 0.673. The molecule has 4 rings (SSSR count). The van der Waals surface area contributed by atoms with Gasteiger partial charge in [-0.05, 0) is 35.1 Å². The molecule has 0 bridgehead atoms. The molecule has 6 heteroatoms. The van der Waals surface area contributed by atoms with Gasteiger partial charge in [-0.15, -0.1) is 0 Å². The number of hydrogen-bond acceptors (Lipinski definition) is 3. The summed E-state index contributed by atoms with van der Waals surface area (Å²) >= 11 is 0. The average Bonchev–Trinajstić information content (AvgIpc) is 3.15. The Morgan fingerprint density at radius 1 is 1.00 bits per heavy atom. The topological polar surface area (TPSA) is 82.3 Å². The van der Waals surface area contributed by atoms with E-state index in [1.165, 1.54) is 11.1 Å². The number of fused-ring (bicyclic) bond motifs is 2. The van der Waals surface area contributed by atoms with Crippen LogP contribution in [0.3, 0.4) is 0 Å². The number of aromatic nitrogens is 1. The van der Waals surface area contributed by atoms with Crippen LogP contribution in [-0.4, -0.2) is 28.2 Å². The van der Waals surface area contributed by atoms with Crippen molar-refractivity contribution in [2.75, 3.05) is 6.54 Å². The highest BCUT2D eigenvalue weighted by Gasteiger charge is 2.22. The van der Waals surface area contributed by atoms with E-state index in [0.717, 1.165) is 5.39 Å². The Labute approximate surface area is 162 Å². The average molecular weight is 375 g/mol. The molecule has 2 aromatic carbocycles. The minimum absolute atomic E-state index is 0.0876. The summed E-state index contributed by atoms with van der Waals surface area (Å²) in [6.45, 7) is 1.68. The summed E-state index contributed by atoms with van der Waals surface area (Å²) in [6.07, 6.45) is 0.928. The lowest BCUT2D eigenvalue weighted by atomic mass is 10.1. The van der Waals surface area contributed by atoms with Crippen LogP contribution in [0, 0.1) is 0 Å². The van der Waals surface area contributed by atoms with Crippen molar-refractivity contribution in [1.29, 1.82) is 0 Å². The molecule has 0 atom stereocenters. The number of nitrogens with one attached hydrogen (secondary N) is 2. The molecule has 142 valence electrons. The molecule has 1 aliphatic rings. The fourth-order valence-corrected chi connectivity index (χ4v) is 3.54. The molecule has 0 saturated carbocycles. The Kier molecular flexibility index (Phi) is 4.93. The molecule has 1 aromatic heterocycles. The van der Waals surface area contributed by atoms with Crippen molar-refractivity contribution in [2.24, 2.45) is 0 Å². The van der Waals surface area contributed by atoms with Crippen LogP contribution >= 0.6 is 0 Å². The molecule has 0 saturated heterocycles. The number of benzene rings is 2. The van der Waals surface area contributed by atoms with Crippen molar-refractivity contribution in [3.63, 3.8) is 0 Å². The van der Waals surface area contributed by atoms with Gasteiger partial charge in [-0.25, -0.2) is 0 Å². The summed E-state index contributed by atoms with van der Waals surface area (Å²) in [4.78, 5) is 41.2. The van der Waals surface area contributed by atoms with E-state index in [9.17, 15) is 14.4 Å². The fraction of sp³-hybridized carbons (Fsp3) is 0.227. The first-order valence-corrected chi connectivity index (χ1v) is 9.36. The molecular weight excluding hydrogens is 354 g/mol. The van der Waals surface area contributed by atoms with Crippen LogP contribution in [-0.2, 0) is 17.9 Å². The summed E-state index contributed by atoms with van der Waals surface area (Å²) < 4.78 is 0. The zero-order valence-electron chi connectivity index (χ0n) is 15.4. The molecule has 3 aromatic rings. The van der Waals surface area contributed by atoms with Gasteiger partial charge in [-0.1, -0.05) is 42.5 Å². The van der Waals surface area contributed by atoms with Gasteiger partial charge in [-0.3, -0.25) is 14.4 Å². The fourth-order valence-electron chi connectivity index (χ4n) is 3.54. The summed E-state index contributed by atoms with van der Waals surface area (Å²) in [5, 5.41) is 4.05. The number of amides is 2. The minimum atomic E-state index is -0.344. The molecule has 28 heavy (non-hydrogen) atoms. The van der Waals surface area contributed by atoms with Crippen molar-refractivity contribution in [3.8, 4) is 0 Å². The van der Waals surface area contributed by atoms with Crippen molar-refractivity contribution in [3.05, 3.63) is 81.8 Å². The van der Waals surface area contributed by atoms with E-state index < -0.39 is 0 Å². The summed E-state index contributed by atoms with van der Waals surface area (Å²) in [7, 11) is 0. The van der Waals surface area contributed by atoms with Gasteiger partial charge in [-0.2, -0.15) is 0 Å². The number of hydrogen-bond donors (Lipinski definition) is 2. The number of H-pyrrole nitrogens is 1. The summed E-state index contributed by atoms with van der Waals surface area (Å²) in [6, 6.07) is 16.9. The van der Waals surface area contributed by atoms with Gasteiger partial charge in [0.15, 0.2) is 0 Å². The molecule has 0 aliphatic carbocycles. The third-order valence-corrected chi connectivity index (χ3v) is 5.04. The Bertz CT molecular complexity index is 1080. The van der Waals surface area contributed by atoms with Crippen molar-refractivity contribution in [2.45, 2.75) is 25.9 Å². The van der Waals surface area contributed by atoms with Crippen molar-refractivity contribution in [1.82, 2.24) is 15.2 Å². The zero-order valence-corrected chi connectivity index (χ0v) is 15.4. The monoisotopic (exact) mass is 375 g/mol. The maximum atomic E-state index is 12.4. The van der Waals surface area contributed by atoms with Crippen LogP contribution < -0.4 is 10.9 Å². The zero-order chi connectivity index (χ0) is 19.5. The molecule has 0 spiro atoms. The van der Waals surface area contributed by atoms with Gasteiger partial charge >= 0.3 is 0 Å². The normalized spacial score (nSPS) is 12.8. The van der Waals surface area contributed by atoms with E-state index >= 15 is 0 Å². The van der Waals surface area contributed by atoms with Gasteiger partial charge in [0.25, 0.3) is 11.5 Å². The highest BCUT2D eigenvalue weighted by Crippen LogP contribution is 2.22. The van der Waals surface area contributed by atoms with Crippen LogP contribution in [0.15, 0.2) is 59.4 Å². The Hall–Kier alpha value is -3.41. The molecule has 2 N–H and O–H groups in total. The number of rotatable bonds is 5. The maximum Gasteiger partial charge on any atom is 0.267 e. The second-order valence-electron chi connectivity index (χ2n) is 6.98. The van der Waals surface area contributed by atoms with E-state index in [2.05, 4.69) is 10.3 Å². The van der Waals surface area contributed by atoms with Crippen LogP contribution in [0.2, 0.25) is 0 Å². The highest BCUT2D eigenvalue weighted by atomic mass is 16.2. The lowest BCUT2D eigenvalue weighted by molar-refractivity contribution is -0.131. The predicted octanol–water partition coefficient (Wildman–Crippen LogP) is 2.58. The predicted molar refractivity (Wildman–Crippen MR) is 107 cm³/mol. The number of carbonyl (C=O) groups is 2. The van der Waals surface area contributed by atoms with Crippen LogP contribution in [0.25, 0.3) is 10.8 Å². The maximum absolute atomic E-state index is 12.4. The smallest absolute Gasteiger partial charge is 0.267 e. The minimum Gasteiger partial charge on any atom is -0.351 e. The Morgan fingerprint density at radius 3 is 2.43 bits per heavy atom. The number of pyridine rings is 1. The van der Waals surface area contributed by atoms with Crippen LogP contribution in [0.1, 0.15) is 34.5 Å². The number of aromatic amines is 1. The first-order chi connectivity index (χ1) is 13.6. The van der Waals surface area contributed by atoms with E-state index in [1.807, 2.05) is 35.2 Å². The number of nitrogens with zero attached hydrogens (tertiary/aromatic N) is 1. The highest BCUT2D eigenvalue weighted by molar-refractivity contribution is 5.96. The lowest BCUT2D eigenvalue weighted by Crippen LogP contribution is -2.29. The van der Waals surface area contributed by atoms with Gasteiger partial charge in [0.1, 0.15) is 5.69 Å². The molecule has 0 unspecified atom stereocenters. The van der Waals surface area contributed by atoms with Gasteiger partial charge < -0.3 is 15.2 Å².